The smallest absolute Gasteiger partial charge is 0.256 e. The van der Waals surface area contributed by atoms with Crippen LogP contribution in [0.3, 0.4) is 0 Å². The molecular formula is C14H17BrFNO2. The van der Waals surface area contributed by atoms with Gasteiger partial charge in [-0.15, -0.1) is 0 Å². The van der Waals surface area contributed by atoms with Crippen LogP contribution in [0.4, 0.5) is 4.39 Å². The van der Waals surface area contributed by atoms with Crippen molar-refractivity contribution in [2.45, 2.75) is 19.3 Å². The lowest BCUT2D eigenvalue weighted by Gasteiger charge is -2.32. The molecule has 0 bridgehead atoms. The average Bonchev–Trinajstić information content (AvgIpc) is 2.41. The normalized spacial score (nSPS) is 19.5. The van der Waals surface area contributed by atoms with E-state index in [1.165, 1.54) is 12.1 Å². The molecule has 5 heteroatoms. The highest BCUT2D eigenvalue weighted by atomic mass is 79.9. The van der Waals surface area contributed by atoms with Crippen molar-refractivity contribution < 1.29 is 14.3 Å². The lowest BCUT2D eigenvalue weighted by atomic mass is 9.94. The van der Waals surface area contributed by atoms with Crippen molar-refractivity contribution in [2.24, 2.45) is 5.92 Å². The number of benzene rings is 1. The molecule has 1 aromatic rings. The molecular weight excluding hydrogens is 313 g/mol. The summed E-state index contributed by atoms with van der Waals surface area (Å²) in [4.78, 5) is 14.0. The van der Waals surface area contributed by atoms with E-state index < -0.39 is 5.82 Å². The summed E-state index contributed by atoms with van der Waals surface area (Å²) in [5, 5.41) is 8.97. The van der Waals surface area contributed by atoms with Gasteiger partial charge in [-0.2, -0.15) is 0 Å². The van der Waals surface area contributed by atoms with Crippen LogP contribution in [0.5, 0.6) is 0 Å². The molecule has 3 nitrogen and oxygen atoms in total. The fraction of sp³-hybridized carbons (Fsp3) is 0.500. The number of carbonyl (C=O) groups is 1. The van der Waals surface area contributed by atoms with Crippen LogP contribution in [0.25, 0.3) is 0 Å². The summed E-state index contributed by atoms with van der Waals surface area (Å²) in [5.74, 6) is -0.433. The molecule has 1 atom stereocenters. The van der Waals surface area contributed by atoms with Gasteiger partial charge in [-0.25, -0.2) is 4.39 Å². The number of rotatable bonds is 3. The third-order valence-electron chi connectivity index (χ3n) is 3.50. The summed E-state index contributed by atoms with van der Waals surface area (Å²) in [6.45, 7) is 1.40. The first-order valence-electron chi connectivity index (χ1n) is 6.47. The van der Waals surface area contributed by atoms with Gasteiger partial charge in [0.1, 0.15) is 5.82 Å². The van der Waals surface area contributed by atoms with Gasteiger partial charge < -0.3 is 10.0 Å². The maximum Gasteiger partial charge on any atom is 0.256 e. The van der Waals surface area contributed by atoms with Crippen LogP contribution >= 0.6 is 15.9 Å². The van der Waals surface area contributed by atoms with Crippen molar-refractivity contribution in [3.63, 3.8) is 0 Å². The maximum atomic E-state index is 13.7. The van der Waals surface area contributed by atoms with E-state index in [4.69, 9.17) is 5.11 Å². The number of nitrogens with zero attached hydrogens (tertiary/aromatic N) is 1. The molecule has 0 spiro atoms. The maximum absolute atomic E-state index is 13.7. The molecule has 1 fully saturated rings. The number of hydrogen-bond donors (Lipinski definition) is 1. The van der Waals surface area contributed by atoms with E-state index in [1.54, 1.807) is 11.0 Å². The molecule has 1 aromatic carbocycles. The highest BCUT2D eigenvalue weighted by Crippen LogP contribution is 2.23. The van der Waals surface area contributed by atoms with Gasteiger partial charge in [0.25, 0.3) is 5.91 Å². The number of piperidine rings is 1. The molecule has 19 heavy (non-hydrogen) atoms. The van der Waals surface area contributed by atoms with E-state index in [1.807, 2.05) is 0 Å². The zero-order valence-electron chi connectivity index (χ0n) is 10.6. The third kappa shape index (κ3) is 3.54. The Morgan fingerprint density at radius 3 is 3.05 bits per heavy atom. The second kappa shape index (κ2) is 6.48. The monoisotopic (exact) mass is 329 g/mol. The number of aliphatic hydroxyl groups excluding tert-OH is 1. The lowest BCUT2D eigenvalue weighted by Crippen LogP contribution is -2.40. The molecule has 0 saturated carbocycles. The number of likely N-dealkylation sites (tertiary alicyclic amines) is 1. The van der Waals surface area contributed by atoms with Crippen molar-refractivity contribution in [1.29, 1.82) is 0 Å². The van der Waals surface area contributed by atoms with Crippen molar-refractivity contribution >= 4 is 21.8 Å². The van der Waals surface area contributed by atoms with Gasteiger partial charge in [-0.1, -0.05) is 15.9 Å². The highest BCUT2D eigenvalue weighted by molar-refractivity contribution is 9.10. The Kier molecular flexibility index (Phi) is 4.93. The van der Waals surface area contributed by atoms with Gasteiger partial charge >= 0.3 is 0 Å². The first kappa shape index (κ1) is 14.5. The Bertz CT molecular complexity index is 465. The van der Waals surface area contributed by atoms with Crippen LogP contribution in [0.2, 0.25) is 0 Å². The second-order valence-corrected chi connectivity index (χ2v) is 5.81. The highest BCUT2D eigenvalue weighted by Gasteiger charge is 2.25. The molecule has 1 N–H and O–H groups in total. The molecule has 0 aromatic heterocycles. The molecule has 1 amide bonds. The summed E-state index contributed by atoms with van der Waals surface area (Å²) in [6, 6.07) is 4.40. The van der Waals surface area contributed by atoms with Gasteiger partial charge in [-0.3, -0.25) is 4.79 Å². The molecule has 0 radical (unpaired) electrons. The van der Waals surface area contributed by atoms with Crippen LogP contribution in [0.15, 0.2) is 22.7 Å². The van der Waals surface area contributed by atoms with Gasteiger partial charge in [-0.05, 0) is 43.4 Å². The van der Waals surface area contributed by atoms with Crippen molar-refractivity contribution in [3.05, 3.63) is 34.1 Å². The number of hydrogen-bond acceptors (Lipinski definition) is 2. The summed E-state index contributed by atoms with van der Waals surface area (Å²) < 4.78 is 14.4. The van der Waals surface area contributed by atoms with Crippen LogP contribution in [-0.2, 0) is 0 Å². The Hall–Kier alpha value is -0.940. The number of aliphatic hydroxyl groups is 1. The molecule has 1 aliphatic rings. The van der Waals surface area contributed by atoms with Crippen LogP contribution < -0.4 is 0 Å². The molecule has 1 aliphatic heterocycles. The molecule has 1 saturated heterocycles. The molecule has 1 unspecified atom stereocenters. The number of carbonyl (C=O) groups excluding carboxylic acids is 1. The Morgan fingerprint density at radius 1 is 1.53 bits per heavy atom. The predicted octanol–water partition coefficient (Wildman–Crippen LogP) is 2.82. The van der Waals surface area contributed by atoms with Crippen molar-refractivity contribution in [1.82, 2.24) is 4.90 Å². The van der Waals surface area contributed by atoms with Gasteiger partial charge in [0.05, 0.1) is 5.56 Å². The van der Waals surface area contributed by atoms with Crippen LogP contribution in [-0.4, -0.2) is 35.6 Å². The second-order valence-electron chi connectivity index (χ2n) is 4.90. The first-order valence-corrected chi connectivity index (χ1v) is 7.26. The summed E-state index contributed by atoms with van der Waals surface area (Å²) in [5.41, 5.74) is 0.110. The Balaban J connectivity index is 2.12. The van der Waals surface area contributed by atoms with E-state index in [0.29, 0.717) is 29.9 Å². The lowest BCUT2D eigenvalue weighted by molar-refractivity contribution is 0.0649. The molecule has 0 aliphatic carbocycles. The summed E-state index contributed by atoms with van der Waals surface area (Å²) in [7, 11) is 0. The number of amides is 1. The fourth-order valence-electron chi connectivity index (χ4n) is 2.50. The quantitative estimate of drug-likeness (QED) is 0.926. The van der Waals surface area contributed by atoms with Crippen molar-refractivity contribution in [3.8, 4) is 0 Å². The van der Waals surface area contributed by atoms with E-state index in [2.05, 4.69) is 15.9 Å². The summed E-state index contributed by atoms with van der Waals surface area (Å²) in [6.07, 6.45) is 2.63. The predicted molar refractivity (Wildman–Crippen MR) is 74.4 cm³/mol. The van der Waals surface area contributed by atoms with Crippen molar-refractivity contribution in [2.75, 3.05) is 19.7 Å². The summed E-state index contributed by atoms with van der Waals surface area (Å²) >= 11 is 3.25. The van der Waals surface area contributed by atoms with Crippen LogP contribution in [0.1, 0.15) is 29.6 Å². The van der Waals surface area contributed by atoms with Gasteiger partial charge in [0.2, 0.25) is 0 Å². The Morgan fingerprint density at radius 2 is 2.32 bits per heavy atom. The van der Waals surface area contributed by atoms with E-state index in [0.717, 1.165) is 12.8 Å². The minimum Gasteiger partial charge on any atom is -0.396 e. The standard InChI is InChI=1S/C14H17BrFNO2/c15-11-3-4-13(16)12(8-11)14(19)17-6-1-2-10(9-17)5-7-18/h3-4,8,10,18H,1-2,5-7,9H2. The first-order chi connectivity index (χ1) is 9.11. The fourth-order valence-corrected chi connectivity index (χ4v) is 2.86. The van der Waals surface area contributed by atoms with Crippen LogP contribution in [0, 0.1) is 11.7 Å². The molecule has 2 rings (SSSR count). The molecule has 104 valence electrons. The van der Waals surface area contributed by atoms with Gasteiger partial charge in [0.15, 0.2) is 0 Å². The van der Waals surface area contributed by atoms with E-state index >= 15 is 0 Å². The average molecular weight is 330 g/mol. The zero-order valence-corrected chi connectivity index (χ0v) is 12.2. The Labute approximate surface area is 120 Å². The topological polar surface area (TPSA) is 40.5 Å². The van der Waals surface area contributed by atoms with E-state index in [9.17, 15) is 9.18 Å². The minimum absolute atomic E-state index is 0.110. The third-order valence-corrected chi connectivity index (χ3v) is 4.00. The number of halogens is 2. The SMILES string of the molecule is O=C(c1cc(Br)ccc1F)N1CCCC(CCO)C1. The van der Waals surface area contributed by atoms with E-state index in [-0.39, 0.29) is 18.1 Å². The van der Waals surface area contributed by atoms with Gasteiger partial charge in [0, 0.05) is 24.2 Å². The zero-order chi connectivity index (χ0) is 13.8. The largest absolute Gasteiger partial charge is 0.396 e. The minimum atomic E-state index is -0.488. The molecule has 1 heterocycles.